The Morgan fingerprint density at radius 3 is 2.48 bits per heavy atom. The molecule has 0 aliphatic carbocycles. The van der Waals surface area contributed by atoms with E-state index in [0.29, 0.717) is 24.1 Å². The van der Waals surface area contributed by atoms with Crippen LogP contribution in [0.5, 0.6) is 5.75 Å². The van der Waals surface area contributed by atoms with Gasteiger partial charge in [0, 0.05) is 17.0 Å². The number of nitrogens with one attached hydrogen (secondary N) is 1. The summed E-state index contributed by atoms with van der Waals surface area (Å²) in [6, 6.07) is 21.2. The van der Waals surface area contributed by atoms with E-state index in [2.05, 4.69) is 11.4 Å². The lowest BCUT2D eigenvalue weighted by Crippen LogP contribution is -2.40. The van der Waals surface area contributed by atoms with Crippen molar-refractivity contribution >= 4 is 37.4 Å². The lowest BCUT2D eigenvalue weighted by Gasteiger charge is -2.23. The molecular formula is C26H24N2O4S. The van der Waals surface area contributed by atoms with Gasteiger partial charge >= 0.3 is 0 Å². The number of aromatic nitrogens is 1. The molecule has 4 aromatic rings. The van der Waals surface area contributed by atoms with Crippen LogP contribution in [0.1, 0.15) is 23.2 Å². The van der Waals surface area contributed by atoms with Gasteiger partial charge in [-0.3, -0.25) is 4.79 Å². The van der Waals surface area contributed by atoms with Crippen molar-refractivity contribution in [2.75, 3.05) is 18.6 Å². The van der Waals surface area contributed by atoms with Crippen molar-refractivity contribution in [2.45, 2.75) is 18.9 Å². The van der Waals surface area contributed by atoms with Crippen LogP contribution in [0.3, 0.4) is 0 Å². The van der Waals surface area contributed by atoms with Crippen LogP contribution in [0.2, 0.25) is 0 Å². The zero-order chi connectivity index (χ0) is 23.0. The zero-order valence-corrected chi connectivity index (χ0v) is 19.1. The minimum absolute atomic E-state index is 0.113. The molecule has 0 bridgehead atoms. The van der Waals surface area contributed by atoms with E-state index in [1.165, 1.54) is 0 Å². The van der Waals surface area contributed by atoms with Gasteiger partial charge in [-0.2, -0.15) is 0 Å². The highest BCUT2D eigenvalue weighted by atomic mass is 32.2. The Kier molecular flexibility index (Phi) is 5.50. The van der Waals surface area contributed by atoms with Crippen molar-refractivity contribution in [2.24, 2.45) is 0 Å². The summed E-state index contributed by atoms with van der Waals surface area (Å²) in [5.41, 5.74) is 2.90. The second-order valence-electron chi connectivity index (χ2n) is 8.40. The molecule has 0 spiro atoms. The summed E-state index contributed by atoms with van der Waals surface area (Å²) in [6.45, 7) is 0. The monoisotopic (exact) mass is 460 g/mol. The van der Waals surface area contributed by atoms with Crippen molar-refractivity contribution in [3.63, 3.8) is 0 Å². The SMILES string of the molecule is COc1ccc2cc(-c3cc(C(=O)NC4CCS(=O)(=O)CC4)c4ccccc4n3)ccc2c1. The fourth-order valence-corrected chi connectivity index (χ4v) is 5.81. The van der Waals surface area contributed by atoms with Gasteiger partial charge < -0.3 is 10.1 Å². The fraction of sp³-hybridized carbons (Fsp3) is 0.231. The van der Waals surface area contributed by atoms with Crippen molar-refractivity contribution in [3.05, 3.63) is 72.3 Å². The topological polar surface area (TPSA) is 85.4 Å². The van der Waals surface area contributed by atoms with Crippen LogP contribution in [-0.2, 0) is 9.84 Å². The smallest absolute Gasteiger partial charge is 0.252 e. The van der Waals surface area contributed by atoms with Gasteiger partial charge in [-0.15, -0.1) is 0 Å². The molecule has 1 N–H and O–H groups in total. The van der Waals surface area contributed by atoms with Gasteiger partial charge in [0.1, 0.15) is 15.6 Å². The number of carbonyl (C=O) groups excluding carboxylic acids is 1. The first-order chi connectivity index (χ1) is 15.9. The number of sulfone groups is 1. The predicted octanol–water partition coefficient (Wildman–Crippen LogP) is 4.37. The van der Waals surface area contributed by atoms with Crippen molar-refractivity contribution in [1.29, 1.82) is 0 Å². The van der Waals surface area contributed by atoms with Gasteiger partial charge in [-0.25, -0.2) is 13.4 Å². The Morgan fingerprint density at radius 1 is 0.970 bits per heavy atom. The predicted molar refractivity (Wildman–Crippen MR) is 130 cm³/mol. The molecule has 33 heavy (non-hydrogen) atoms. The van der Waals surface area contributed by atoms with E-state index >= 15 is 0 Å². The third-order valence-electron chi connectivity index (χ3n) is 6.19. The lowest BCUT2D eigenvalue weighted by atomic mass is 10.0. The molecule has 1 amide bonds. The molecule has 0 radical (unpaired) electrons. The molecule has 1 fully saturated rings. The molecule has 0 saturated carbocycles. The van der Waals surface area contributed by atoms with Crippen LogP contribution in [0.4, 0.5) is 0 Å². The molecule has 168 valence electrons. The molecule has 6 nitrogen and oxygen atoms in total. The number of hydrogen-bond donors (Lipinski definition) is 1. The summed E-state index contributed by atoms with van der Waals surface area (Å²) in [7, 11) is -1.34. The normalized spacial score (nSPS) is 16.0. The van der Waals surface area contributed by atoms with Crippen molar-refractivity contribution in [3.8, 4) is 17.0 Å². The first kappa shape index (κ1) is 21.4. The van der Waals surface area contributed by atoms with Crippen LogP contribution in [0.25, 0.3) is 32.9 Å². The highest BCUT2D eigenvalue weighted by Gasteiger charge is 2.25. The minimum Gasteiger partial charge on any atom is -0.497 e. The maximum Gasteiger partial charge on any atom is 0.252 e. The lowest BCUT2D eigenvalue weighted by molar-refractivity contribution is 0.0936. The Morgan fingerprint density at radius 2 is 1.70 bits per heavy atom. The van der Waals surface area contributed by atoms with E-state index in [0.717, 1.165) is 33.0 Å². The summed E-state index contributed by atoms with van der Waals surface area (Å²) < 4.78 is 28.8. The summed E-state index contributed by atoms with van der Waals surface area (Å²) in [6.07, 6.45) is 0.885. The van der Waals surface area contributed by atoms with Crippen molar-refractivity contribution in [1.82, 2.24) is 10.3 Å². The maximum atomic E-state index is 13.3. The largest absolute Gasteiger partial charge is 0.497 e. The second-order valence-corrected chi connectivity index (χ2v) is 10.7. The van der Waals surface area contributed by atoms with E-state index in [1.807, 2.05) is 60.7 Å². The summed E-state index contributed by atoms with van der Waals surface area (Å²) in [4.78, 5) is 18.1. The number of pyridine rings is 1. The van der Waals surface area contributed by atoms with Gasteiger partial charge in [0.15, 0.2) is 0 Å². The maximum absolute atomic E-state index is 13.3. The van der Waals surface area contributed by atoms with Crippen molar-refractivity contribution < 1.29 is 17.9 Å². The number of fused-ring (bicyclic) bond motifs is 2. The van der Waals surface area contributed by atoms with Crippen LogP contribution in [-0.4, -0.2) is 44.0 Å². The molecular weight excluding hydrogens is 436 g/mol. The Hall–Kier alpha value is -3.45. The van der Waals surface area contributed by atoms with Crippen LogP contribution in [0.15, 0.2) is 66.7 Å². The van der Waals surface area contributed by atoms with Gasteiger partial charge in [0.05, 0.1) is 35.4 Å². The number of para-hydroxylation sites is 1. The number of amides is 1. The quantitative estimate of drug-likeness (QED) is 0.489. The Balaban J connectivity index is 1.52. The van der Waals surface area contributed by atoms with Crippen LogP contribution < -0.4 is 10.1 Å². The highest BCUT2D eigenvalue weighted by molar-refractivity contribution is 7.91. The Labute approximate surface area is 192 Å². The third-order valence-corrected chi connectivity index (χ3v) is 7.91. The molecule has 1 aromatic heterocycles. The van der Waals surface area contributed by atoms with E-state index in [1.54, 1.807) is 7.11 Å². The van der Waals surface area contributed by atoms with Gasteiger partial charge in [0.2, 0.25) is 0 Å². The average molecular weight is 461 g/mol. The second kappa shape index (κ2) is 8.48. The number of benzene rings is 3. The molecule has 0 unspecified atom stereocenters. The number of rotatable bonds is 4. The number of methoxy groups -OCH3 is 1. The Bertz CT molecular complexity index is 1470. The molecule has 5 rings (SSSR count). The molecule has 1 aliphatic rings. The van der Waals surface area contributed by atoms with E-state index in [9.17, 15) is 13.2 Å². The van der Waals surface area contributed by atoms with Gasteiger partial charge in [0.25, 0.3) is 5.91 Å². The minimum atomic E-state index is -2.99. The molecule has 1 saturated heterocycles. The van der Waals surface area contributed by atoms with E-state index in [-0.39, 0.29) is 23.5 Å². The molecule has 1 aliphatic heterocycles. The molecule has 2 heterocycles. The summed E-state index contributed by atoms with van der Waals surface area (Å²) >= 11 is 0. The zero-order valence-electron chi connectivity index (χ0n) is 18.2. The first-order valence-corrected chi connectivity index (χ1v) is 12.7. The number of carbonyl (C=O) groups is 1. The summed E-state index contributed by atoms with van der Waals surface area (Å²) in [5.74, 6) is 0.822. The number of hydrogen-bond acceptors (Lipinski definition) is 5. The molecule has 7 heteroatoms. The highest BCUT2D eigenvalue weighted by Crippen LogP contribution is 2.29. The fourth-order valence-electron chi connectivity index (χ4n) is 4.32. The van der Waals surface area contributed by atoms with Gasteiger partial charge in [-0.05, 0) is 53.9 Å². The third kappa shape index (κ3) is 4.41. The molecule has 0 atom stereocenters. The molecule has 3 aromatic carbocycles. The van der Waals surface area contributed by atoms with Gasteiger partial charge in [-0.1, -0.05) is 36.4 Å². The first-order valence-electron chi connectivity index (χ1n) is 10.9. The van der Waals surface area contributed by atoms with E-state index in [4.69, 9.17) is 9.72 Å². The average Bonchev–Trinajstić information content (AvgIpc) is 2.84. The summed E-state index contributed by atoms with van der Waals surface area (Å²) in [5, 5.41) is 5.92. The number of ether oxygens (including phenoxy) is 1. The van der Waals surface area contributed by atoms with E-state index < -0.39 is 9.84 Å². The van der Waals surface area contributed by atoms with Crippen LogP contribution >= 0.6 is 0 Å². The van der Waals surface area contributed by atoms with Crippen LogP contribution in [0, 0.1) is 0 Å². The standard InChI is InChI=1S/C26H24N2O4S/c1-32-21-9-8-17-14-19(7-6-18(17)15-21)25-16-23(22-4-2-3-5-24(22)28-25)26(29)27-20-10-12-33(30,31)13-11-20/h2-9,14-16,20H,10-13H2,1H3,(H,27,29). The number of nitrogens with zero attached hydrogens (tertiary/aromatic N) is 1.